The van der Waals surface area contributed by atoms with Gasteiger partial charge in [0.15, 0.2) is 0 Å². The summed E-state index contributed by atoms with van der Waals surface area (Å²) in [6.07, 6.45) is 2.42. The fourth-order valence-corrected chi connectivity index (χ4v) is 2.66. The zero-order valence-corrected chi connectivity index (χ0v) is 13.5. The Morgan fingerprint density at radius 2 is 2.18 bits per heavy atom. The highest BCUT2D eigenvalue weighted by Crippen LogP contribution is 2.24. The van der Waals surface area contributed by atoms with Crippen LogP contribution in [0, 0.1) is 6.92 Å². The summed E-state index contributed by atoms with van der Waals surface area (Å²) < 4.78 is 28.8. The maximum absolute atomic E-state index is 13.0. The van der Waals surface area contributed by atoms with Gasteiger partial charge in [0.05, 0.1) is 12.4 Å². The predicted octanol–water partition coefficient (Wildman–Crippen LogP) is 3.03. The highest BCUT2D eigenvalue weighted by atomic mass is 32.2. The normalized spacial score (nSPS) is 11.9. The number of unbranched alkanes of at least 4 members (excludes halogenated alkanes) is 1. The maximum Gasteiger partial charge on any atom is 0.299 e. The van der Waals surface area contributed by atoms with Crippen molar-refractivity contribution >= 4 is 18.0 Å². The van der Waals surface area contributed by atoms with Crippen LogP contribution in [0.4, 0.5) is 8.78 Å². The molecule has 0 atom stereocenters. The molecular weight excluding hydrogens is 310 g/mol. The van der Waals surface area contributed by atoms with Crippen LogP contribution < -0.4 is 0 Å². The van der Waals surface area contributed by atoms with Gasteiger partial charge in [0.2, 0.25) is 11.0 Å². The molecule has 2 heterocycles. The molecule has 22 heavy (non-hydrogen) atoms. The van der Waals surface area contributed by atoms with Gasteiger partial charge in [-0.15, -0.1) is 10.2 Å². The first-order valence-corrected chi connectivity index (χ1v) is 7.92. The Morgan fingerprint density at radius 1 is 1.41 bits per heavy atom. The van der Waals surface area contributed by atoms with Crippen molar-refractivity contribution in [3.05, 3.63) is 23.3 Å². The molecule has 2 rings (SSSR count). The molecule has 0 saturated heterocycles. The zero-order valence-electron chi connectivity index (χ0n) is 12.7. The van der Waals surface area contributed by atoms with E-state index in [1.54, 1.807) is 10.9 Å². The Bertz CT molecular complexity index is 649. The summed E-state index contributed by atoms with van der Waals surface area (Å²) in [6, 6.07) is 0. The van der Waals surface area contributed by atoms with Gasteiger partial charge in [0.25, 0.3) is 6.43 Å². The fourth-order valence-electron chi connectivity index (χ4n) is 1.68. The van der Waals surface area contributed by atoms with Gasteiger partial charge in [0, 0.05) is 24.1 Å². The third-order valence-electron chi connectivity index (χ3n) is 3.15. The molecule has 0 bridgehead atoms. The molecule has 0 amide bonds. The first-order chi connectivity index (χ1) is 10.5. The van der Waals surface area contributed by atoms with Gasteiger partial charge in [-0.3, -0.25) is 4.68 Å². The van der Waals surface area contributed by atoms with Crippen LogP contribution in [-0.2, 0) is 7.05 Å². The second-order valence-corrected chi connectivity index (χ2v) is 5.77. The zero-order chi connectivity index (χ0) is 16.1. The van der Waals surface area contributed by atoms with Crippen LogP contribution in [0.1, 0.15) is 43.3 Å². The van der Waals surface area contributed by atoms with Crippen molar-refractivity contribution in [2.24, 2.45) is 12.1 Å². The Balaban J connectivity index is 2.26. The van der Waals surface area contributed by atoms with Crippen molar-refractivity contribution in [1.29, 1.82) is 0 Å². The van der Waals surface area contributed by atoms with Crippen molar-refractivity contribution in [3.63, 3.8) is 0 Å². The lowest BCUT2D eigenvalue weighted by atomic mass is 10.3. The fraction of sp³-hybridized carbons (Fsp3) is 0.538. The number of rotatable bonds is 7. The first-order valence-electron chi connectivity index (χ1n) is 6.93. The molecule has 6 nitrogen and oxygen atoms in total. The molecule has 0 aromatic carbocycles. The molecule has 0 aliphatic rings. The minimum Gasteiger partial charge on any atom is -0.272 e. The molecule has 2 aromatic rings. The summed E-state index contributed by atoms with van der Waals surface area (Å²) >= 11 is 1.38. The lowest BCUT2D eigenvalue weighted by Gasteiger charge is -2.03. The van der Waals surface area contributed by atoms with E-state index in [0.717, 1.165) is 34.5 Å². The quantitative estimate of drug-likeness (QED) is 0.445. The van der Waals surface area contributed by atoms with Gasteiger partial charge in [0.1, 0.15) is 0 Å². The van der Waals surface area contributed by atoms with Crippen molar-refractivity contribution in [2.45, 2.75) is 38.3 Å². The number of hydrogen-bond acceptors (Lipinski definition) is 5. The van der Waals surface area contributed by atoms with Crippen LogP contribution in [-0.4, -0.2) is 36.6 Å². The number of hydrogen-bond donors (Lipinski definition) is 0. The summed E-state index contributed by atoms with van der Waals surface area (Å²) in [4.78, 5) is 0. The molecule has 0 fully saturated rings. The van der Waals surface area contributed by atoms with Crippen LogP contribution in [0.15, 0.2) is 16.5 Å². The molecule has 0 saturated carbocycles. The summed E-state index contributed by atoms with van der Waals surface area (Å²) in [6.45, 7) is 3.95. The van der Waals surface area contributed by atoms with E-state index in [2.05, 4.69) is 27.3 Å². The van der Waals surface area contributed by atoms with Crippen LogP contribution in [0.3, 0.4) is 0 Å². The monoisotopic (exact) mass is 328 g/mol. The number of thioether (sulfide) groups is 1. The van der Waals surface area contributed by atoms with E-state index in [9.17, 15) is 8.78 Å². The highest BCUT2D eigenvalue weighted by molar-refractivity contribution is 7.99. The smallest absolute Gasteiger partial charge is 0.272 e. The van der Waals surface area contributed by atoms with E-state index < -0.39 is 12.2 Å². The van der Waals surface area contributed by atoms with Gasteiger partial charge in [-0.05, 0) is 13.3 Å². The molecule has 120 valence electrons. The Kier molecular flexibility index (Phi) is 5.64. The van der Waals surface area contributed by atoms with Crippen LogP contribution >= 0.6 is 11.8 Å². The molecule has 0 radical (unpaired) electrons. The molecule has 0 aliphatic carbocycles. The average Bonchev–Trinajstić information content (AvgIpc) is 3.03. The minimum absolute atomic E-state index is 0.376. The average molecular weight is 328 g/mol. The lowest BCUT2D eigenvalue weighted by molar-refractivity contribution is 0.135. The predicted molar refractivity (Wildman–Crippen MR) is 81.5 cm³/mol. The minimum atomic E-state index is -2.72. The van der Waals surface area contributed by atoms with Crippen LogP contribution in [0.2, 0.25) is 0 Å². The van der Waals surface area contributed by atoms with E-state index in [4.69, 9.17) is 0 Å². The van der Waals surface area contributed by atoms with E-state index in [1.807, 2.05) is 14.0 Å². The van der Waals surface area contributed by atoms with Gasteiger partial charge in [-0.25, -0.2) is 8.78 Å². The van der Waals surface area contributed by atoms with Crippen molar-refractivity contribution in [1.82, 2.24) is 24.7 Å². The number of aromatic nitrogens is 5. The van der Waals surface area contributed by atoms with E-state index in [1.165, 1.54) is 18.0 Å². The summed E-state index contributed by atoms with van der Waals surface area (Å²) in [7, 11) is 1.81. The Morgan fingerprint density at radius 3 is 2.77 bits per heavy atom. The molecule has 0 unspecified atom stereocenters. The molecule has 9 heteroatoms. The third kappa shape index (κ3) is 3.70. The van der Waals surface area contributed by atoms with Crippen molar-refractivity contribution in [2.75, 3.05) is 5.75 Å². The van der Waals surface area contributed by atoms with E-state index in [-0.39, 0.29) is 0 Å². The van der Waals surface area contributed by atoms with Gasteiger partial charge in [-0.1, -0.05) is 25.1 Å². The topological polar surface area (TPSA) is 60.9 Å². The SMILES string of the molecule is CCCCSc1nnc(C(F)F)n1/N=C\c1cnn(C)c1C. The van der Waals surface area contributed by atoms with Crippen molar-refractivity contribution in [3.8, 4) is 0 Å². The van der Waals surface area contributed by atoms with Gasteiger partial charge >= 0.3 is 0 Å². The summed E-state index contributed by atoms with van der Waals surface area (Å²) in [5.74, 6) is 0.344. The number of nitrogens with zero attached hydrogens (tertiary/aromatic N) is 6. The number of alkyl halides is 2. The Hall–Kier alpha value is -1.77. The molecule has 0 spiro atoms. The number of aryl methyl sites for hydroxylation is 1. The van der Waals surface area contributed by atoms with E-state index >= 15 is 0 Å². The van der Waals surface area contributed by atoms with E-state index in [0.29, 0.717) is 5.16 Å². The van der Waals surface area contributed by atoms with Gasteiger partial charge < -0.3 is 0 Å². The highest BCUT2D eigenvalue weighted by Gasteiger charge is 2.20. The largest absolute Gasteiger partial charge is 0.299 e. The summed E-state index contributed by atoms with van der Waals surface area (Å²) in [5.41, 5.74) is 1.66. The van der Waals surface area contributed by atoms with Crippen LogP contribution in [0.5, 0.6) is 0 Å². The first kappa shape index (κ1) is 16.6. The second kappa shape index (κ2) is 7.48. The van der Waals surface area contributed by atoms with Crippen molar-refractivity contribution < 1.29 is 8.78 Å². The van der Waals surface area contributed by atoms with Crippen LogP contribution in [0.25, 0.3) is 0 Å². The molecule has 0 aliphatic heterocycles. The Labute approximate surface area is 131 Å². The second-order valence-electron chi connectivity index (χ2n) is 4.71. The lowest BCUT2D eigenvalue weighted by Crippen LogP contribution is -2.01. The standard InChI is InChI=1S/C13H18F2N6S/c1-4-5-6-22-13-19-18-12(11(14)15)21(13)17-8-10-7-16-20(3)9(10)2/h7-8,11H,4-6H2,1-3H3/b17-8-. The maximum atomic E-state index is 13.0. The third-order valence-corrected chi connectivity index (χ3v) is 4.15. The summed E-state index contributed by atoms with van der Waals surface area (Å²) in [5, 5.41) is 15.9. The van der Waals surface area contributed by atoms with Gasteiger partial charge in [-0.2, -0.15) is 14.9 Å². The molecule has 0 N–H and O–H groups in total. The molecular formula is C13H18F2N6S. The number of halogens is 2. The molecule has 2 aromatic heterocycles.